The smallest absolute Gasteiger partial charge is 0.414 e. The highest BCUT2D eigenvalue weighted by Crippen LogP contribution is 2.29. The summed E-state index contributed by atoms with van der Waals surface area (Å²) in [6.07, 6.45) is 0.0116. The summed E-state index contributed by atoms with van der Waals surface area (Å²) in [7, 11) is 0. The SMILES string of the molecule is CCCOC(=S)NC[C@H]1CN(c2ccc(N3CCSCC3)c(F)c2)C(=O)O1. The molecule has 1 N–H and O–H groups in total. The van der Waals surface area contributed by atoms with Crippen LogP contribution in [0.1, 0.15) is 13.3 Å². The summed E-state index contributed by atoms with van der Waals surface area (Å²) in [4.78, 5) is 15.7. The van der Waals surface area contributed by atoms with Crippen LogP contribution in [0.25, 0.3) is 0 Å². The van der Waals surface area contributed by atoms with Crippen molar-refractivity contribution in [2.24, 2.45) is 0 Å². The average molecular weight is 414 g/mol. The fourth-order valence-electron chi connectivity index (χ4n) is 3.01. The number of carbonyl (C=O) groups is 1. The van der Waals surface area contributed by atoms with E-state index in [0.29, 0.717) is 36.2 Å². The van der Waals surface area contributed by atoms with Crippen molar-refractivity contribution in [3.63, 3.8) is 0 Å². The van der Waals surface area contributed by atoms with Gasteiger partial charge in [0.05, 0.1) is 31.1 Å². The standard InChI is InChI=1S/C18H24FN3O3S2/c1-2-7-24-17(26)20-11-14-12-22(18(23)25-14)13-3-4-16(15(19)10-13)21-5-8-27-9-6-21/h3-4,10,14H,2,5-9,11-12H2,1H3,(H,20,26)/t14-/m0/s1. The molecule has 2 heterocycles. The van der Waals surface area contributed by atoms with Crippen LogP contribution in [0, 0.1) is 5.82 Å². The Morgan fingerprint density at radius 1 is 1.44 bits per heavy atom. The molecule has 0 aliphatic carbocycles. The molecule has 1 atom stereocenters. The number of nitrogens with one attached hydrogen (secondary N) is 1. The number of anilines is 2. The van der Waals surface area contributed by atoms with Crippen molar-refractivity contribution >= 4 is 46.6 Å². The van der Waals surface area contributed by atoms with Gasteiger partial charge in [-0.1, -0.05) is 6.92 Å². The van der Waals surface area contributed by atoms with Gasteiger partial charge < -0.3 is 19.7 Å². The molecule has 2 aliphatic heterocycles. The third kappa shape index (κ3) is 5.16. The minimum atomic E-state index is -0.483. The van der Waals surface area contributed by atoms with E-state index in [2.05, 4.69) is 5.32 Å². The zero-order valence-corrected chi connectivity index (χ0v) is 16.9. The third-order valence-electron chi connectivity index (χ3n) is 4.38. The molecule has 0 spiro atoms. The summed E-state index contributed by atoms with van der Waals surface area (Å²) in [5, 5.41) is 3.23. The molecule has 27 heavy (non-hydrogen) atoms. The van der Waals surface area contributed by atoms with Gasteiger partial charge in [0.2, 0.25) is 0 Å². The Morgan fingerprint density at radius 3 is 2.93 bits per heavy atom. The highest BCUT2D eigenvalue weighted by molar-refractivity contribution is 7.99. The maximum Gasteiger partial charge on any atom is 0.414 e. The normalized spacial score (nSPS) is 19.8. The summed E-state index contributed by atoms with van der Waals surface area (Å²) >= 11 is 6.93. The number of halogens is 1. The Balaban J connectivity index is 1.58. The molecule has 1 aromatic carbocycles. The Kier molecular flexibility index (Phi) is 7.01. The minimum Gasteiger partial charge on any atom is -0.471 e. The molecule has 6 nitrogen and oxygen atoms in total. The van der Waals surface area contributed by atoms with Crippen molar-refractivity contribution in [2.45, 2.75) is 19.4 Å². The van der Waals surface area contributed by atoms with Gasteiger partial charge in [0, 0.05) is 24.6 Å². The molecule has 0 saturated carbocycles. The van der Waals surface area contributed by atoms with E-state index >= 15 is 0 Å². The third-order valence-corrected chi connectivity index (χ3v) is 5.58. The number of hydrogen-bond acceptors (Lipinski definition) is 6. The predicted molar refractivity (Wildman–Crippen MR) is 110 cm³/mol. The number of thiocarbonyl (C=S) groups is 1. The van der Waals surface area contributed by atoms with Crippen LogP contribution >= 0.6 is 24.0 Å². The van der Waals surface area contributed by atoms with E-state index in [1.54, 1.807) is 12.1 Å². The van der Waals surface area contributed by atoms with Crippen LogP contribution < -0.4 is 15.1 Å². The second-order valence-electron chi connectivity index (χ2n) is 6.37. The number of ether oxygens (including phenoxy) is 2. The summed E-state index contributed by atoms with van der Waals surface area (Å²) in [5.41, 5.74) is 1.09. The Morgan fingerprint density at radius 2 is 2.22 bits per heavy atom. The zero-order chi connectivity index (χ0) is 19.2. The molecule has 1 aromatic rings. The fourth-order valence-corrected chi connectivity index (χ4v) is 4.08. The predicted octanol–water partition coefficient (Wildman–Crippen LogP) is 3.01. The first-order valence-corrected chi connectivity index (χ1v) is 10.7. The molecule has 0 bridgehead atoms. The molecule has 0 radical (unpaired) electrons. The number of amides is 1. The van der Waals surface area contributed by atoms with E-state index in [1.807, 2.05) is 23.6 Å². The highest BCUT2D eigenvalue weighted by atomic mass is 32.2. The van der Waals surface area contributed by atoms with E-state index in [-0.39, 0.29) is 11.9 Å². The molecule has 3 rings (SSSR count). The van der Waals surface area contributed by atoms with Crippen LogP contribution in [0.3, 0.4) is 0 Å². The second kappa shape index (κ2) is 9.45. The topological polar surface area (TPSA) is 54.0 Å². The quantitative estimate of drug-likeness (QED) is 0.720. The lowest BCUT2D eigenvalue weighted by Gasteiger charge is -2.29. The molecule has 2 saturated heterocycles. The fraction of sp³-hybridized carbons (Fsp3) is 0.556. The van der Waals surface area contributed by atoms with Gasteiger partial charge in [0.25, 0.3) is 5.17 Å². The number of nitrogens with zero attached hydrogens (tertiary/aromatic N) is 2. The maximum absolute atomic E-state index is 14.6. The van der Waals surface area contributed by atoms with Crippen LogP contribution in [0.2, 0.25) is 0 Å². The summed E-state index contributed by atoms with van der Waals surface area (Å²) in [6, 6.07) is 4.92. The molecule has 2 fully saturated rings. The molecule has 1 amide bonds. The lowest BCUT2D eigenvalue weighted by molar-refractivity contribution is 0.141. The Bertz CT molecular complexity index is 686. The number of hydrogen-bond donors (Lipinski definition) is 1. The molecular formula is C18H24FN3O3S2. The van der Waals surface area contributed by atoms with E-state index in [4.69, 9.17) is 21.7 Å². The second-order valence-corrected chi connectivity index (χ2v) is 7.96. The van der Waals surface area contributed by atoms with Crippen LogP contribution in [0.5, 0.6) is 0 Å². The van der Waals surface area contributed by atoms with E-state index < -0.39 is 6.09 Å². The van der Waals surface area contributed by atoms with Crippen molar-refractivity contribution in [3.05, 3.63) is 24.0 Å². The molecule has 0 unspecified atom stereocenters. The molecule has 9 heteroatoms. The van der Waals surface area contributed by atoms with Crippen molar-refractivity contribution in [2.75, 3.05) is 54.1 Å². The van der Waals surface area contributed by atoms with Gasteiger partial charge in [-0.2, -0.15) is 11.8 Å². The van der Waals surface area contributed by atoms with Crippen molar-refractivity contribution in [3.8, 4) is 0 Å². The Hall–Kier alpha value is -1.74. The zero-order valence-electron chi connectivity index (χ0n) is 15.3. The lowest BCUT2D eigenvalue weighted by Crippen LogP contribution is -2.35. The van der Waals surface area contributed by atoms with Gasteiger partial charge in [0.1, 0.15) is 11.9 Å². The van der Waals surface area contributed by atoms with Crippen LogP contribution in [0.4, 0.5) is 20.6 Å². The summed E-state index contributed by atoms with van der Waals surface area (Å²) < 4.78 is 25.2. The van der Waals surface area contributed by atoms with Crippen molar-refractivity contribution in [1.29, 1.82) is 0 Å². The molecule has 0 aromatic heterocycles. The summed E-state index contributed by atoms with van der Waals surface area (Å²) in [5.74, 6) is 1.68. The number of cyclic esters (lactones) is 1. The van der Waals surface area contributed by atoms with Gasteiger partial charge in [-0.25, -0.2) is 9.18 Å². The van der Waals surface area contributed by atoms with Gasteiger partial charge in [-0.15, -0.1) is 0 Å². The first-order valence-electron chi connectivity index (χ1n) is 9.09. The molecular weight excluding hydrogens is 389 g/mol. The highest BCUT2D eigenvalue weighted by Gasteiger charge is 2.33. The van der Waals surface area contributed by atoms with E-state index in [0.717, 1.165) is 31.0 Å². The van der Waals surface area contributed by atoms with Gasteiger partial charge in [-0.3, -0.25) is 4.90 Å². The first kappa shape index (κ1) is 20.0. The van der Waals surface area contributed by atoms with E-state index in [9.17, 15) is 9.18 Å². The number of benzene rings is 1. The van der Waals surface area contributed by atoms with Crippen LogP contribution in [-0.4, -0.2) is 61.7 Å². The van der Waals surface area contributed by atoms with Crippen molar-refractivity contribution in [1.82, 2.24) is 5.32 Å². The van der Waals surface area contributed by atoms with Crippen LogP contribution in [0.15, 0.2) is 18.2 Å². The molecule has 2 aliphatic rings. The van der Waals surface area contributed by atoms with Gasteiger partial charge >= 0.3 is 6.09 Å². The van der Waals surface area contributed by atoms with Crippen LogP contribution in [-0.2, 0) is 9.47 Å². The average Bonchev–Trinajstić information content (AvgIpc) is 3.06. The lowest BCUT2D eigenvalue weighted by atomic mass is 10.2. The largest absolute Gasteiger partial charge is 0.471 e. The number of carbonyl (C=O) groups excluding carboxylic acids is 1. The van der Waals surface area contributed by atoms with Crippen molar-refractivity contribution < 1.29 is 18.7 Å². The van der Waals surface area contributed by atoms with Gasteiger partial charge in [-0.05, 0) is 36.8 Å². The number of rotatable bonds is 6. The summed E-state index contributed by atoms with van der Waals surface area (Å²) in [6.45, 7) is 4.90. The number of thioether (sulfide) groups is 1. The van der Waals surface area contributed by atoms with E-state index in [1.165, 1.54) is 11.0 Å². The maximum atomic E-state index is 14.6. The Labute approximate surface area is 168 Å². The van der Waals surface area contributed by atoms with Gasteiger partial charge in [0.15, 0.2) is 0 Å². The molecule has 148 valence electrons. The minimum absolute atomic E-state index is 0.293. The monoisotopic (exact) mass is 413 g/mol. The first-order chi connectivity index (χ1) is 13.1.